The lowest BCUT2D eigenvalue weighted by molar-refractivity contribution is 0.668. The topological polar surface area (TPSA) is 72.7 Å². The van der Waals surface area contributed by atoms with Crippen LogP contribution in [0.4, 0.5) is 0 Å². The Kier molecular flexibility index (Phi) is 2.74. The number of hydrogen-bond acceptors (Lipinski definition) is 3. The molecule has 0 radical (unpaired) electrons. The smallest absolute Gasteiger partial charge is 0.330 e. The number of fused-ring (bicyclic) bond motifs is 2. The third-order valence-electron chi connectivity index (χ3n) is 3.55. The molecule has 104 valence electrons. The number of aryl methyl sites for hydroxylation is 3. The number of rotatable bonds is 2. The summed E-state index contributed by atoms with van der Waals surface area (Å²) in [6.45, 7) is 6.74. The van der Waals surface area contributed by atoms with Gasteiger partial charge in [-0.25, -0.2) is 9.78 Å². The normalized spacial score (nSPS) is 11.6. The first-order chi connectivity index (χ1) is 9.56. The Morgan fingerprint density at radius 1 is 1.15 bits per heavy atom. The van der Waals surface area contributed by atoms with Crippen molar-refractivity contribution in [1.82, 2.24) is 19.1 Å². The van der Waals surface area contributed by atoms with E-state index in [4.69, 9.17) is 0 Å². The summed E-state index contributed by atoms with van der Waals surface area (Å²) in [6.07, 6.45) is 0. The van der Waals surface area contributed by atoms with Gasteiger partial charge in [0.2, 0.25) is 0 Å². The van der Waals surface area contributed by atoms with Crippen LogP contribution in [0.25, 0.3) is 22.2 Å². The first-order valence-corrected chi connectivity index (χ1v) is 6.70. The van der Waals surface area contributed by atoms with Crippen molar-refractivity contribution in [2.45, 2.75) is 33.9 Å². The molecule has 0 aliphatic carbocycles. The van der Waals surface area contributed by atoms with Crippen molar-refractivity contribution in [2.24, 2.45) is 0 Å². The van der Waals surface area contributed by atoms with Crippen LogP contribution in [0, 0.1) is 6.92 Å². The lowest BCUT2D eigenvalue weighted by Crippen LogP contribution is -2.23. The van der Waals surface area contributed by atoms with Crippen molar-refractivity contribution in [3.63, 3.8) is 0 Å². The van der Waals surface area contributed by atoms with Gasteiger partial charge in [-0.05, 0) is 26.8 Å². The molecule has 3 aromatic heterocycles. The lowest BCUT2D eigenvalue weighted by atomic mass is 10.2. The highest BCUT2D eigenvalue weighted by atomic mass is 16.1. The molecule has 0 fully saturated rings. The van der Waals surface area contributed by atoms with Crippen molar-refractivity contribution < 1.29 is 0 Å². The molecule has 6 nitrogen and oxygen atoms in total. The molecule has 20 heavy (non-hydrogen) atoms. The first kappa shape index (κ1) is 12.7. The van der Waals surface area contributed by atoms with E-state index in [1.54, 1.807) is 21.3 Å². The van der Waals surface area contributed by atoms with E-state index in [0.717, 1.165) is 5.69 Å². The molecule has 0 aliphatic heterocycles. The molecule has 3 aromatic rings. The van der Waals surface area contributed by atoms with E-state index in [2.05, 4.69) is 9.97 Å². The predicted molar refractivity (Wildman–Crippen MR) is 78.2 cm³/mol. The van der Waals surface area contributed by atoms with E-state index >= 15 is 0 Å². The number of hydrogen-bond donors (Lipinski definition) is 1. The molecule has 0 unspecified atom stereocenters. The van der Waals surface area contributed by atoms with E-state index in [1.165, 1.54) is 0 Å². The van der Waals surface area contributed by atoms with Gasteiger partial charge in [-0.1, -0.05) is 0 Å². The number of aromatic nitrogens is 4. The monoisotopic (exact) mass is 272 g/mol. The Balaban J connectivity index is 2.57. The zero-order chi connectivity index (χ0) is 14.4. The summed E-state index contributed by atoms with van der Waals surface area (Å²) in [7, 11) is 0. The first-order valence-electron chi connectivity index (χ1n) is 6.70. The van der Waals surface area contributed by atoms with Crippen LogP contribution < -0.4 is 11.1 Å². The quantitative estimate of drug-likeness (QED) is 0.766. The van der Waals surface area contributed by atoms with Crippen molar-refractivity contribution >= 4 is 22.2 Å². The van der Waals surface area contributed by atoms with Gasteiger partial charge < -0.3 is 4.98 Å². The van der Waals surface area contributed by atoms with Crippen molar-refractivity contribution in [1.29, 1.82) is 0 Å². The molecule has 3 rings (SSSR count). The lowest BCUT2D eigenvalue weighted by Gasteiger charge is -2.02. The number of aromatic amines is 1. The van der Waals surface area contributed by atoms with Gasteiger partial charge in [0.1, 0.15) is 5.65 Å². The summed E-state index contributed by atoms with van der Waals surface area (Å²) in [5.74, 6) is 0. The highest BCUT2D eigenvalue weighted by Gasteiger charge is 2.14. The van der Waals surface area contributed by atoms with Crippen molar-refractivity contribution in [3.8, 4) is 0 Å². The summed E-state index contributed by atoms with van der Waals surface area (Å²) < 4.78 is 3.27. The summed E-state index contributed by atoms with van der Waals surface area (Å²) >= 11 is 0. The summed E-state index contributed by atoms with van der Waals surface area (Å²) in [4.78, 5) is 31.9. The number of nitrogens with one attached hydrogen (secondary N) is 1. The third kappa shape index (κ3) is 1.61. The van der Waals surface area contributed by atoms with Gasteiger partial charge in [0.05, 0.1) is 10.9 Å². The van der Waals surface area contributed by atoms with Gasteiger partial charge in [0.15, 0.2) is 11.1 Å². The molecule has 0 spiro atoms. The third-order valence-corrected chi connectivity index (χ3v) is 3.55. The second kappa shape index (κ2) is 4.33. The van der Waals surface area contributed by atoms with Crippen molar-refractivity contribution in [3.05, 3.63) is 38.5 Å². The maximum absolute atomic E-state index is 12.3. The van der Waals surface area contributed by atoms with E-state index in [0.29, 0.717) is 35.3 Å². The maximum Gasteiger partial charge on any atom is 0.330 e. The van der Waals surface area contributed by atoms with Crippen LogP contribution in [0.5, 0.6) is 0 Å². The summed E-state index contributed by atoms with van der Waals surface area (Å²) in [6, 6.07) is 3.30. The van der Waals surface area contributed by atoms with Gasteiger partial charge in [-0.15, -0.1) is 0 Å². The largest absolute Gasteiger partial charge is 0.343 e. The SMILES string of the molecule is CCn1c(=O)n(CC)c2nc3[nH]c(C)cc(=O)c3cc21. The highest BCUT2D eigenvalue weighted by molar-refractivity contribution is 5.87. The number of pyridine rings is 2. The molecule has 3 heterocycles. The van der Waals surface area contributed by atoms with Crippen LogP contribution in [-0.2, 0) is 13.1 Å². The molecular weight excluding hydrogens is 256 g/mol. The maximum atomic E-state index is 12.3. The molecule has 6 heteroatoms. The molecule has 1 N–H and O–H groups in total. The van der Waals surface area contributed by atoms with Crippen LogP contribution in [0.1, 0.15) is 19.5 Å². The van der Waals surface area contributed by atoms with E-state index in [-0.39, 0.29) is 11.1 Å². The second-order valence-electron chi connectivity index (χ2n) is 4.81. The average molecular weight is 272 g/mol. The Labute approximate surface area is 114 Å². The molecule has 0 atom stereocenters. The Morgan fingerprint density at radius 3 is 2.50 bits per heavy atom. The standard InChI is InChI=1S/C14H16N4O2/c1-4-17-10-7-9-11(19)6-8(3)15-12(9)16-13(10)18(5-2)14(17)20/h6-7H,4-5H2,1-3H3,(H,15,16,19). The number of imidazole rings is 1. The molecule has 0 saturated carbocycles. The minimum absolute atomic E-state index is 0.0787. The fourth-order valence-electron chi connectivity index (χ4n) is 2.60. The highest BCUT2D eigenvalue weighted by Crippen LogP contribution is 2.16. The van der Waals surface area contributed by atoms with Crippen LogP contribution in [0.3, 0.4) is 0 Å². The van der Waals surface area contributed by atoms with E-state index in [1.807, 2.05) is 20.8 Å². The van der Waals surface area contributed by atoms with E-state index in [9.17, 15) is 9.59 Å². The van der Waals surface area contributed by atoms with Gasteiger partial charge in [0.25, 0.3) is 0 Å². The summed E-state index contributed by atoms with van der Waals surface area (Å²) in [5.41, 5.74) is 2.45. The average Bonchev–Trinajstić information content (AvgIpc) is 2.66. The Hall–Kier alpha value is -2.37. The van der Waals surface area contributed by atoms with Crippen LogP contribution in [0.15, 0.2) is 21.7 Å². The number of nitrogens with zero attached hydrogens (tertiary/aromatic N) is 3. The fourth-order valence-corrected chi connectivity index (χ4v) is 2.60. The van der Waals surface area contributed by atoms with E-state index < -0.39 is 0 Å². The Morgan fingerprint density at radius 2 is 1.85 bits per heavy atom. The van der Waals surface area contributed by atoms with Gasteiger partial charge in [-0.3, -0.25) is 13.9 Å². The molecule has 0 amide bonds. The van der Waals surface area contributed by atoms with Gasteiger partial charge in [-0.2, -0.15) is 0 Å². The summed E-state index contributed by atoms with van der Waals surface area (Å²) in [5, 5.41) is 0.513. The Bertz CT molecular complexity index is 930. The molecule has 0 saturated heterocycles. The molecule has 0 aliphatic rings. The van der Waals surface area contributed by atoms with Crippen LogP contribution in [0.2, 0.25) is 0 Å². The molecular formula is C14H16N4O2. The second-order valence-corrected chi connectivity index (χ2v) is 4.81. The molecule has 0 bridgehead atoms. The van der Waals surface area contributed by atoms with Crippen LogP contribution in [-0.4, -0.2) is 19.1 Å². The van der Waals surface area contributed by atoms with Gasteiger partial charge in [0, 0.05) is 24.8 Å². The zero-order valence-electron chi connectivity index (χ0n) is 11.7. The fraction of sp³-hybridized carbons (Fsp3) is 0.357. The zero-order valence-corrected chi connectivity index (χ0v) is 11.7. The van der Waals surface area contributed by atoms with Crippen molar-refractivity contribution in [2.75, 3.05) is 0 Å². The van der Waals surface area contributed by atoms with Crippen LogP contribution >= 0.6 is 0 Å². The minimum atomic E-state index is -0.0861. The predicted octanol–water partition coefficient (Wildman–Crippen LogP) is 1.39. The number of H-pyrrole nitrogens is 1. The molecule has 0 aromatic carbocycles. The van der Waals surface area contributed by atoms with Gasteiger partial charge >= 0.3 is 5.69 Å². The minimum Gasteiger partial charge on any atom is -0.343 e.